The molecule has 0 N–H and O–H groups in total. The van der Waals surface area contributed by atoms with E-state index in [0.29, 0.717) is 11.5 Å². The molecule has 3 rings (SSSR count). The standard InChI is InChI=1S/C21H38BO2/c1-20(2,3)13-16-10-17(18(11-16)14-22-4)12-19-15-23-21(24-19)8-6-5-7-9-21/h16-19H,5-15H2,1-4H3. The topological polar surface area (TPSA) is 18.5 Å². The van der Waals surface area contributed by atoms with E-state index in [1.54, 1.807) is 0 Å². The molecule has 1 aliphatic heterocycles. The second-order valence-corrected chi connectivity index (χ2v) is 10.0. The molecule has 1 spiro atoms. The van der Waals surface area contributed by atoms with Crippen LogP contribution < -0.4 is 0 Å². The van der Waals surface area contributed by atoms with Crippen molar-refractivity contribution in [3.05, 3.63) is 0 Å². The third-order valence-corrected chi connectivity index (χ3v) is 6.47. The van der Waals surface area contributed by atoms with Crippen LogP contribution in [0.1, 0.15) is 78.6 Å². The van der Waals surface area contributed by atoms with E-state index in [1.807, 2.05) is 0 Å². The van der Waals surface area contributed by atoms with Crippen molar-refractivity contribution >= 4 is 7.28 Å². The fourth-order valence-corrected chi connectivity index (χ4v) is 5.67. The molecule has 1 saturated heterocycles. The Morgan fingerprint density at radius 3 is 2.42 bits per heavy atom. The normalized spacial score (nSPS) is 36.3. The van der Waals surface area contributed by atoms with Gasteiger partial charge in [-0.25, -0.2) is 0 Å². The highest BCUT2D eigenvalue weighted by Crippen LogP contribution is 2.47. The van der Waals surface area contributed by atoms with Gasteiger partial charge in [0.25, 0.3) is 0 Å². The lowest BCUT2D eigenvalue weighted by molar-refractivity contribution is -0.188. The molecule has 2 aliphatic carbocycles. The van der Waals surface area contributed by atoms with E-state index in [4.69, 9.17) is 9.47 Å². The first-order chi connectivity index (χ1) is 11.4. The van der Waals surface area contributed by atoms with Crippen molar-refractivity contribution in [3.63, 3.8) is 0 Å². The summed E-state index contributed by atoms with van der Waals surface area (Å²) in [6, 6.07) is 0. The zero-order valence-electron chi connectivity index (χ0n) is 16.5. The zero-order valence-corrected chi connectivity index (χ0v) is 16.5. The first-order valence-electron chi connectivity index (χ1n) is 10.5. The van der Waals surface area contributed by atoms with Crippen LogP contribution in [0, 0.1) is 23.2 Å². The SMILES string of the molecule is C[B]CC1CC(CC(C)(C)C)CC1CC1COC2(CCCCC2)O1. The summed E-state index contributed by atoms with van der Waals surface area (Å²) in [5.74, 6) is 2.42. The zero-order chi connectivity index (χ0) is 17.2. The monoisotopic (exact) mass is 333 g/mol. The van der Waals surface area contributed by atoms with Gasteiger partial charge in [-0.2, -0.15) is 0 Å². The molecule has 0 amide bonds. The highest BCUT2D eigenvalue weighted by molar-refractivity contribution is 6.33. The van der Waals surface area contributed by atoms with Crippen molar-refractivity contribution in [1.82, 2.24) is 0 Å². The fourth-order valence-electron chi connectivity index (χ4n) is 5.67. The van der Waals surface area contributed by atoms with Gasteiger partial charge in [0.15, 0.2) is 5.79 Å². The quantitative estimate of drug-likeness (QED) is 0.601. The minimum atomic E-state index is -0.196. The number of hydrogen-bond donors (Lipinski definition) is 0. The molecule has 3 heteroatoms. The summed E-state index contributed by atoms with van der Waals surface area (Å²) in [5, 5.41) is 0. The van der Waals surface area contributed by atoms with Gasteiger partial charge in [-0.15, -0.1) is 0 Å². The van der Waals surface area contributed by atoms with Crippen LogP contribution in [0.2, 0.25) is 13.1 Å². The minimum absolute atomic E-state index is 0.196. The lowest BCUT2D eigenvalue weighted by Gasteiger charge is -2.32. The minimum Gasteiger partial charge on any atom is -0.347 e. The first kappa shape index (κ1) is 18.8. The van der Waals surface area contributed by atoms with E-state index < -0.39 is 0 Å². The van der Waals surface area contributed by atoms with Crippen LogP contribution in [-0.2, 0) is 9.47 Å². The largest absolute Gasteiger partial charge is 0.347 e. The molecule has 2 saturated carbocycles. The van der Waals surface area contributed by atoms with Gasteiger partial charge in [-0.05, 0) is 61.7 Å². The maximum Gasteiger partial charge on any atom is 0.168 e. The lowest BCUT2D eigenvalue weighted by atomic mass is 9.69. The van der Waals surface area contributed by atoms with Crippen molar-refractivity contribution in [3.8, 4) is 0 Å². The maximum absolute atomic E-state index is 6.48. The summed E-state index contributed by atoms with van der Waals surface area (Å²) in [7, 11) is 2.38. The molecule has 3 fully saturated rings. The Labute approximate surface area is 150 Å². The Bertz CT molecular complexity index is 397. The van der Waals surface area contributed by atoms with Gasteiger partial charge in [0, 0.05) is 12.8 Å². The average molecular weight is 333 g/mol. The van der Waals surface area contributed by atoms with E-state index in [-0.39, 0.29) is 5.79 Å². The summed E-state index contributed by atoms with van der Waals surface area (Å²) in [4.78, 5) is 0. The summed E-state index contributed by atoms with van der Waals surface area (Å²) in [6.07, 6.45) is 13.2. The van der Waals surface area contributed by atoms with Gasteiger partial charge in [0.05, 0.1) is 12.7 Å². The lowest BCUT2D eigenvalue weighted by Crippen LogP contribution is -2.33. The van der Waals surface area contributed by atoms with Gasteiger partial charge in [0.2, 0.25) is 0 Å². The number of ether oxygens (including phenoxy) is 2. The van der Waals surface area contributed by atoms with Crippen molar-refractivity contribution in [1.29, 1.82) is 0 Å². The molecule has 4 unspecified atom stereocenters. The van der Waals surface area contributed by atoms with E-state index in [1.165, 1.54) is 51.3 Å². The molecule has 0 aromatic rings. The Balaban J connectivity index is 1.54. The van der Waals surface area contributed by atoms with Crippen LogP contribution in [0.4, 0.5) is 0 Å². The van der Waals surface area contributed by atoms with Gasteiger partial charge >= 0.3 is 0 Å². The molecule has 0 bridgehead atoms. The number of rotatable bonds is 5. The maximum atomic E-state index is 6.48. The van der Waals surface area contributed by atoms with Crippen LogP contribution in [0.3, 0.4) is 0 Å². The summed E-state index contributed by atoms with van der Waals surface area (Å²) >= 11 is 0. The third kappa shape index (κ3) is 4.78. The van der Waals surface area contributed by atoms with E-state index >= 15 is 0 Å². The van der Waals surface area contributed by atoms with E-state index in [2.05, 4.69) is 34.9 Å². The van der Waals surface area contributed by atoms with Crippen LogP contribution in [0.15, 0.2) is 0 Å². The second kappa shape index (κ2) is 7.70. The molecular weight excluding hydrogens is 295 g/mol. The molecule has 2 nitrogen and oxygen atoms in total. The van der Waals surface area contributed by atoms with Crippen molar-refractivity contribution in [2.75, 3.05) is 6.61 Å². The van der Waals surface area contributed by atoms with Crippen LogP contribution in [0.25, 0.3) is 0 Å². The first-order valence-corrected chi connectivity index (χ1v) is 10.5. The molecule has 24 heavy (non-hydrogen) atoms. The molecule has 0 aromatic carbocycles. The Morgan fingerprint density at radius 2 is 1.75 bits per heavy atom. The van der Waals surface area contributed by atoms with Gasteiger partial charge < -0.3 is 9.47 Å². The summed E-state index contributed by atoms with van der Waals surface area (Å²) in [6.45, 7) is 10.2. The predicted molar refractivity (Wildman–Crippen MR) is 101 cm³/mol. The van der Waals surface area contributed by atoms with Gasteiger partial charge in [-0.3, -0.25) is 0 Å². The highest BCUT2D eigenvalue weighted by Gasteiger charge is 2.44. The van der Waals surface area contributed by atoms with E-state index in [9.17, 15) is 0 Å². The van der Waals surface area contributed by atoms with E-state index in [0.717, 1.165) is 37.2 Å². The molecular formula is C21H38BO2. The molecule has 137 valence electrons. The molecule has 4 atom stereocenters. The Kier molecular flexibility index (Phi) is 6.02. The van der Waals surface area contributed by atoms with Crippen molar-refractivity contribution in [2.24, 2.45) is 23.2 Å². The van der Waals surface area contributed by atoms with Gasteiger partial charge in [-0.1, -0.05) is 40.3 Å². The Morgan fingerprint density at radius 1 is 1.04 bits per heavy atom. The third-order valence-electron chi connectivity index (χ3n) is 6.47. The van der Waals surface area contributed by atoms with Crippen LogP contribution in [0.5, 0.6) is 0 Å². The molecule has 1 radical (unpaired) electrons. The highest BCUT2D eigenvalue weighted by atomic mass is 16.7. The number of hydrogen-bond acceptors (Lipinski definition) is 2. The summed E-state index contributed by atoms with van der Waals surface area (Å²) < 4.78 is 12.7. The van der Waals surface area contributed by atoms with Crippen LogP contribution in [-0.4, -0.2) is 25.8 Å². The second-order valence-electron chi connectivity index (χ2n) is 10.0. The summed E-state index contributed by atoms with van der Waals surface area (Å²) in [5.41, 5.74) is 0.458. The molecule has 1 heterocycles. The predicted octanol–water partition coefficient (Wildman–Crippen LogP) is 5.70. The molecule has 3 aliphatic rings. The molecule has 0 aromatic heterocycles. The smallest absolute Gasteiger partial charge is 0.168 e. The van der Waals surface area contributed by atoms with Crippen molar-refractivity contribution < 1.29 is 9.47 Å². The Hall–Kier alpha value is -0.0151. The average Bonchev–Trinajstić information content (AvgIpc) is 3.04. The fraction of sp³-hybridized carbons (Fsp3) is 1.00. The van der Waals surface area contributed by atoms with Crippen molar-refractivity contribution in [2.45, 2.75) is 104 Å². The van der Waals surface area contributed by atoms with Crippen LogP contribution >= 0.6 is 0 Å². The van der Waals surface area contributed by atoms with Gasteiger partial charge in [0.1, 0.15) is 7.28 Å².